The largest absolute Gasteiger partial charge is 0.503 e. The van der Waals surface area contributed by atoms with E-state index >= 15 is 0 Å². The zero-order chi connectivity index (χ0) is 26.6. The summed E-state index contributed by atoms with van der Waals surface area (Å²) in [6.07, 6.45) is -0.0152. The van der Waals surface area contributed by atoms with Crippen molar-refractivity contribution in [2.75, 3.05) is 4.90 Å². The van der Waals surface area contributed by atoms with Crippen molar-refractivity contribution in [2.45, 2.75) is 32.9 Å². The lowest BCUT2D eigenvalue weighted by Crippen LogP contribution is -2.32. The van der Waals surface area contributed by atoms with Gasteiger partial charge in [0.05, 0.1) is 28.8 Å². The van der Waals surface area contributed by atoms with Crippen LogP contribution in [0.15, 0.2) is 88.5 Å². The first kappa shape index (κ1) is 23.5. The minimum Gasteiger partial charge on any atom is -0.503 e. The fourth-order valence-corrected chi connectivity index (χ4v) is 4.82. The number of fused-ring (bicyclic) bond motifs is 2. The second-order valence-corrected chi connectivity index (χ2v) is 9.63. The molecule has 8 heteroatoms. The fourth-order valence-electron chi connectivity index (χ4n) is 4.82. The number of furan rings is 1. The summed E-state index contributed by atoms with van der Waals surface area (Å²) < 4.78 is 11.6. The lowest BCUT2D eigenvalue weighted by atomic mass is 9.95. The Labute approximate surface area is 218 Å². The number of imidazole rings is 1. The number of carbonyl (C=O) groups is 2. The van der Waals surface area contributed by atoms with Crippen LogP contribution in [0, 0.1) is 6.92 Å². The van der Waals surface area contributed by atoms with Crippen LogP contribution in [0.25, 0.3) is 22.0 Å². The van der Waals surface area contributed by atoms with Crippen LogP contribution >= 0.6 is 0 Å². The molecule has 0 spiro atoms. The molecule has 8 nitrogen and oxygen atoms in total. The monoisotopic (exact) mass is 507 g/mol. The Morgan fingerprint density at radius 1 is 1.08 bits per heavy atom. The van der Waals surface area contributed by atoms with E-state index in [2.05, 4.69) is 9.97 Å². The number of aromatic nitrogens is 2. The number of nitrogens with zero attached hydrogens (tertiary/aromatic N) is 2. The first-order valence-electron chi connectivity index (χ1n) is 12.3. The average Bonchev–Trinajstić information content (AvgIpc) is 3.58. The van der Waals surface area contributed by atoms with Gasteiger partial charge < -0.3 is 19.2 Å². The Morgan fingerprint density at radius 2 is 1.84 bits per heavy atom. The van der Waals surface area contributed by atoms with Crippen molar-refractivity contribution in [3.8, 4) is 5.75 Å². The minimum atomic E-state index is -0.946. The van der Waals surface area contributed by atoms with E-state index in [0.29, 0.717) is 22.4 Å². The normalized spacial score (nSPS) is 15.8. The number of Topliss-reactive ketones (excluding diaryl/α,β-unsaturated/α-hetero) is 1. The van der Waals surface area contributed by atoms with Crippen molar-refractivity contribution in [3.63, 3.8) is 0 Å². The fraction of sp³-hybridized carbons (Fsp3) is 0.167. The van der Waals surface area contributed by atoms with Crippen LogP contribution < -0.4 is 9.64 Å². The molecule has 1 amide bonds. The Balaban J connectivity index is 1.48. The van der Waals surface area contributed by atoms with Gasteiger partial charge >= 0.3 is 0 Å². The van der Waals surface area contributed by atoms with Crippen molar-refractivity contribution in [1.82, 2.24) is 9.97 Å². The number of aliphatic hydroxyl groups is 1. The highest BCUT2D eigenvalue weighted by molar-refractivity contribution is 6.20. The van der Waals surface area contributed by atoms with Gasteiger partial charge in [0.2, 0.25) is 11.7 Å². The highest BCUT2D eigenvalue weighted by atomic mass is 16.5. The van der Waals surface area contributed by atoms with E-state index in [1.165, 1.54) is 4.90 Å². The highest BCUT2D eigenvalue weighted by Crippen LogP contribution is 2.42. The summed E-state index contributed by atoms with van der Waals surface area (Å²) in [6, 6.07) is 20.7. The molecule has 0 saturated heterocycles. The Kier molecular flexibility index (Phi) is 5.52. The number of nitrogens with one attached hydrogen (secondary N) is 1. The molecular formula is C30H25N3O5. The molecule has 0 fully saturated rings. The quantitative estimate of drug-likeness (QED) is 0.265. The number of amides is 1. The predicted molar refractivity (Wildman–Crippen MR) is 143 cm³/mol. The van der Waals surface area contributed by atoms with Gasteiger partial charge in [0.25, 0.3) is 5.91 Å². The summed E-state index contributed by atoms with van der Waals surface area (Å²) in [4.78, 5) is 36.4. The first-order chi connectivity index (χ1) is 18.3. The molecule has 2 aromatic heterocycles. The molecule has 0 radical (unpaired) electrons. The molecule has 1 atom stereocenters. The van der Waals surface area contributed by atoms with Gasteiger partial charge in [-0.2, -0.15) is 0 Å². The number of benzene rings is 3. The van der Waals surface area contributed by atoms with Crippen molar-refractivity contribution >= 4 is 39.6 Å². The molecule has 6 rings (SSSR count). The third-order valence-electron chi connectivity index (χ3n) is 6.52. The van der Waals surface area contributed by atoms with E-state index in [0.717, 1.165) is 16.5 Å². The van der Waals surface area contributed by atoms with E-state index in [4.69, 9.17) is 9.15 Å². The Morgan fingerprint density at radius 3 is 2.58 bits per heavy atom. The number of hydrogen-bond donors (Lipinski definition) is 2. The SMILES string of the molecule is Cc1ccc2nc(N3C(=O)C(O)=C(C(=O)c4cc5ccccc5o4)C3c3ccc(OC(C)C)cc3)[nH]c2c1. The maximum absolute atomic E-state index is 13.8. The average molecular weight is 508 g/mol. The van der Waals surface area contributed by atoms with Gasteiger partial charge in [0.15, 0.2) is 11.5 Å². The molecule has 0 bridgehead atoms. The van der Waals surface area contributed by atoms with E-state index in [-0.39, 0.29) is 23.4 Å². The van der Waals surface area contributed by atoms with Gasteiger partial charge in [-0.25, -0.2) is 4.98 Å². The maximum Gasteiger partial charge on any atom is 0.296 e. The summed E-state index contributed by atoms with van der Waals surface area (Å²) in [7, 11) is 0. The van der Waals surface area contributed by atoms with Crippen LogP contribution in [0.4, 0.5) is 5.95 Å². The van der Waals surface area contributed by atoms with E-state index in [1.807, 2.05) is 57.2 Å². The number of hydrogen-bond acceptors (Lipinski definition) is 6. The third kappa shape index (κ3) is 3.91. The van der Waals surface area contributed by atoms with E-state index < -0.39 is 23.5 Å². The molecule has 0 saturated carbocycles. The number of carbonyl (C=O) groups excluding carboxylic acids is 2. The summed E-state index contributed by atoms with van der Waals surface area (Å²) in [5.41, 5.74) is 3.49. The van der Waals surface area contributed by atoms with E-state index in [1.54, 1.807) is 36.4 Å². The topological polar surface area (TPSA) is 109 Å². The summed E-state index contributed by atoms with van der Waals surface area (Å²) in [6.45, 7) is 5.82. The van der Waals surface area contributed by atoms with Gasteiger partial charge in [-0.15, -0.1) is 0 Å². The molecule has 3 aromatic carbocycles. The van der Waals surface area contributed by atoms with Gasteiger partial charge in [-0.1, -0.05) is 36.4 Å². The molecule has 5 aromatic rings. The van der Waals surface area contributed by atoms with Crippen LogP contribution in [-0.4, -0.2) is 32.9 Å². The number of ether oxygens (including phenoxy) is 1. The standard InChI is InChI=1S/C30H25N3O5/c1-16(2)37-20-11-9-18(10-12-20)26-25(27(34)24-15-19-6-4-5-7-23(19)38-24)28(35)29(36)33(26)30-31-21-13-8-17(3)14-22(21)32-30/h4-16,26,35H,1-3H3,(H,31,32). The lowest BCUT2D eigenvalue weighted by molar-refractivity contribution is -0.117. The van der Waals surface area contributed by atoms with Crippen LogP contribution in [0.2, 0.25) is 0 Å². The molecule has 38 heavy (non-hydrogen) atoms. The summed E-state index contributed by atoms with van der Waals surface area (Å²) in [5.74, 6) is -1.03. The number of ketones is 1. The lowest BCUT2D eigenvalue weighted by Gasteiger charge is -2.24. The molecular weight excluding hydrogens is 482 g/mol. The molecule has 1 aliphatic heterocycles. The zero-order valence-corrected chi connectivity index (χ0v) is 21.1. The van der Waals surface area contributed by atoms with Crippen LogP contribution in [0.1, 0.15) is 41.6 Å². The molecule has 1 aliphatic rings. The Hall–Kier alpha value is -4.85. The number of anilines is 1. The molecule has 190 valence electrons. The van der Waals surface area contributed by atoms with Crippen molar-refractivity contribution in [1.29, 1.82) is 0 Å². The summed E-state index contributed by atoms with van der Waals surface area (Å²) in [5, 5.41) is 11.8. The van der Waals surface area contributed by atoms with Crippen LogP contribution in [-0.2, 0) is 4.79 Å². The van der Waals surface area contributed by atoms with Gasteiger partial charge in [0, 0.05) is 5.39 Å². The highest BCUT2D eigenvalue weighted by Gasteiger charge is 2.46. The predicted octanol–water partition coefficient (Wildman–Crippen LogP) is 6.19. The molecule has 0 aliphatic carbocycles. The Bertz CT molecular complexity index is 1710. The van der Waals surface area contributed by atoms with Gasteiger partial charge in [-0.05, 0) is 68.3 Å². The first-order valence-corrected chi connectivity index (χ1v) is 12.3. The number of aliphatic hydroxyl groups excluding tert-OH is 1. The van der Waals surface area contributed by atoms with Gasteiger partial charge in [-0.3, -0.25) is 14.5 Å². The third-order valence-corrected chi connectivity index (χ3v) is 6.52. The van der Waals surface area contributed by atoms with Crippen molar-refractivity contribution in [3.05, 3.63) is 101 Å². The number of H-pyrrole nitrogens is 1. The van der Waals surface area contributed by atoms with Crippen molar-refractivity contribution in [2.24, 2.45) is 0 Å². The smallest absolute Gasteiger partial charge is 0.296 e. The number of para-hydroxylation sites is 1. The second-order valence-electron chi connectivity index (χ2n) is 9.63. The zero-order valence-electron chi connectivity index (χ0n) is 21.1. The molecule has 2 N–H and O–H groups in total. The number of aryl methyl sites for hydroxylation is 1. The summed E-state index contributed by atoms with van der Waals surface area (Å²) >= 11 is 0. The maximum atomic E-state index is 13.8. The number of aromatic amines is 1. The minimum absolute atomic E-state index is 0.0152. The van der Waals surface area contributed by atoms with Crippen LogP contribution in [0.3, 0.4) is 0 Å². The second kappa shape index (κ2) is 8.92. The van der Waals surface area contributed by atoms with Gasteiger partial charge in [0.1, 0.15) is 11.3 Å². The van der Waals surface area contributed by atoms with E-state index in [9.17, 15) is 14.7 Å². The number of rotatable bonds is 6. The molecule has 1 unspecified atom stereocenters. The molecule has 3 heterocycles. The van der Waals surface area contributed by atoms with Crippen LogP contribution in [0.5, 0.6) is 5.75 Å². The van der Waals surface area contributed by atoms with Crippen molar-refractivity contribution < 1.29 is 23.8 Å².